The van der Waals surface area contributed by atoms with Crippen LogP contribution in [0.5, 0.6) is 0 Å². The maximum atomic E-state index is 12.4. The lowest BCUT2D eigenvalue weighted by Gasteiger charge is -2.02. The summed E-state index contributed by atoms with van der Waals surface area (Å²) in [5, 5.41) is 2.27. The van der Waals surface area contributed by atoms with E-state index in [0.29, 0.717) is 5.69 Å². The molecule has 80 valence electrons. The number of hydrogen-bond donors (Lipinski definition) is 1. The van der Waals surface area contributed by atoms with Crippen molar-refractivity contribution in [3.63, 3.8) is 0 Å². The Morgan fingerprint density at radius 3 is 2.80 bits per heavy atom. The normalized spacial score (nSPS) is 9.47. The molecule has 6 heteroatoms. The fourth-order valence-electron chi connectivity index (χ4n) is 0.847. The Morgan fingerprint density at radius 2 is 2.27 bits per heavy atom. The Hall–Kier alpha value is -1.98. The van der Waals surface area contributed by atoms with Gasteiger partial charge in [0.05, 0.1) is 25.5 Å². The van der Waals surface area contributed by atoms with Crippen molar-refractivity contribution in [1.29, 1.82) is 0 Å². The van der Waals surface area contributed by atoms with E-state index in [4.69, 9.17) is 0 Å². The Labute approximate surface area is 85.3 Å². The van der Waals surface area contributed by atoms with Crippen LogP contribution in [0.15, 0.2) is 18.3 Å². The summed E-state index contributed by atoms with van der Waals surface area (Å²) < 4.78 is 16.6. The Morgan fingerprint density at radius 1 is 1.53 bits per heavy atom. The number of carbonyl (C=O) groups is 2. The van der Waals surface area contributed by atoms with Crippen LogP contribution >= 0.6 is 0 Å². The maximum Gasteiger partial charge on any atom is 0.396 e. The fraction of sp³-hybridized carbons (Fsp3) is 0.222. The molecule has 0 aromatic carbocycles. The van der Waals surface area contributed by atoms with Crippen molar-refractivity contribution in [3.05, 3.63) is 29.8 Å². The number of methoxy groups -OCH3 is 1. The third kappa shape index (κ3) is 3.34. The van der Waals surface area contributed by atoms with Crippen molar-refractivity contribution in [2.45, 2.75) is 6.54 Å². The molecule has 0 aliphatic heterocycles. The summed E-state index contributed by atoms with van der Waals surface area (Å²) in [6.45, 7) is 0.0498. The first kappa shape index (κ1) is 11.1. The number of hydrogen-bond acceptors (Lipinski definition) is 4. The van der Waals surface area contributed by atoms with Crippen molar-refractivity contribution < 1.29 is 18.7 Å². The summed E-state index contributed by atoms with van der Waals surface area (Å²) in [5.74, 6) is -2.29. The van der Waals surface area contributed by atoms with E-state index in [1.807, 2.05) is 0 Å². The molecule has 0 aliphatic carbocycles. The summed E-state index contributed by atoms with van der Waals surface area (Å²) >= 11 is 0. The highest BCUT2D eigenvalue weighted by atomic mass is 19.1. The molecular formula is C9H9FN2O3. The van der Waals surface area contributed by atoms with Crippen molar-refractivity contribution >= 4 is 11.9 Å². The van der Waals surface area contributed by atoms with Gasteiger partial charge in [0.2, 0.25) is 0 Å². The minimum atomic E-state index is -0.975. The summed E-state index contributed by atoms with van der Waals surface area (Å²) in [6, 6.07) is 2.62. The molecule has 1 amide bonds. The molecule has 1 rings (SSSR count). The number of halogens is 1. The van der Waals surface area contributed by atoms with E-state index >= 15 is 0 Å². The minimum absolute atomic E-state index is 0.0498. The van der Waals surface area contributed by atoms with Gasteiger partial charge in [-0.15, -0.1) is 0 Å². The van der Waals surface area contributed by atoms with Crippen LogP contribution in [0.25, 0.3) is 0 Å². The average Bonchev–Trinajstić information content (AvgIpc) is 2.26. The molecule has 0 spiro atoms. The highest BCUT2D eigenvalue weighted by Crippen LogP contribution is 1.97. The minimum Gasteiger partial charge on any atom is -0.462 e. The lowest BCUT2D eigenvalue weighted by molar-refractivity contribution is -0.152. The van der Waals surface area contributed by atoms with Crippen LogP contribution < -0.4 is 5.32 Å². The molecule has 0 saturated heterocycles. The topological polar surface area (TPSA) is 68.3 Å². The average molecular weight is 212 g/mol. The molecule has 1 heterocycles. The quantitative estimate of drug-likeness (QED) is 0.554. The van der Waals surface area contributed by atoms with Crippen LogP contribution in [0.2, 0.25) is 0 Å². The molecule has 1 aromatic heterocycles. The number of amides is 1. The second-order valence-corrected chi connectivity index (χ2v) is 2.64. The molecule has 0 saturated carbocycles. The van der Waals surface area contributed by atoms with Crippen molar-refractivity contribution in [2.75, 3.05) is 7.11 Å². The standard InChI is InChI=1S/C9H9FN2O3/c1-15-9(14)8(13)12-5-7-3-2-6(10)4-11-7/h2-4H,5H2,1H3,(H,12,13). The first-order valence-electron chi connectivity index (χ1n) is 4.10. The summed E-state index contributed by atoms with van der Waals surface area (Å²) in [7, 11) is 1.11. The highest BCUT2D eigenvalue weighted by Gasteiger charge is 2.12. The van der Waals surface area contributed by atoms with Gasteiger partial charge < -0.3 is 10.1 Å². The molecule has 0 bridgehead atoms. The van der Waals surface area contributed by atoms with Crippen molar-refractivity contribution in [2.24, 2.45) is 0 Å². The zero-order chi connectivity index (χ0) is 11.3. The van der Waals surface area contributed by atoms with Gasteiger partial charge in [0.1, 0.15) is 5.82 Å². The SMILES string of the molecule is COC(=O)C(=O)NCc1ccc(F)cn1. The largest absolute Gasteiger partial charge is 0.462 e. The van der Waals surface area contributed by atoms with Gasteiger partial charge in [-0.25, -0.2) is 9.18 Å². The highest BCUT2D eigenvalue weighted by molar-refractivity contribution is 6.32. The second-order valence-electron chi connectivity index (χ2n) is 2.64. The van der Waals surface area contributed by atoms with Crippen LogP contribution in [0.4, 0.5) is 4.39 Å². The van der Waals surface area contributed by atoms with Crippen LogP contribution in [0.3, 0.4) is 0 Å². The number of esters is 1. The van der Waals surface area contributed by atoms with Gasteiger partial charge in [0, 0.05) is 0 Å². The Balaban J connectivity index is 2.47. The van der Waals surface area contributed by atoms with Crippen LogP contribution in [-0.4, -0.2) is 24.0 Å². The number of pyridine rings is 1. The molecule has 0 atom stereocenters. The number of nitrogens with zero attached hydrogens (tertiary/aromatic N) is 1. The third-order valence-electron chi connectivity index (χ3n) is 1.59. The number of rotatable bonds is 2. The second kappa shape index (κ2) is 5.04. The molecule has 5 nitrogen and oxygen atoms in total. The van der Waals surface area contributed by atoms with E-state index in [9.17, 15) is 14.0 Å². The Bertz CT molecular complexity index is 364. The first-order valence-corrected chi connectivity index (χ1v) is 4.10. The number of carbonyl (C=O) groups excluding carboxylic acids is 2. The predicted molar refractivity (Wildman–Crippen MR) is 48.1 cm³/mol. The van der Waals surface area contributed by atoms with Crippen LogP contribution in [0.1, 0.15) is 5.69 Å². The van der Waals surface area contributed by atoms with E-state index in [1.165, 1.54) is 12.1 Å². The number of aromatic nitrogens is 1. The van der Waals surface area contributed by atoms with Gasteiger partial charge in [-0.3, -0.25) is 9.78 Å². The summed E-state index contributed by atoms with van der Waals surface area (Å²) in [5.41, 5.74) is 0.452. The zero-order valence-corrected chi connectivity index (χ0v) is 7.99. The van der Waals surface area contributed by atoms with Crippen LogP contribution in [-0.2, 0) is 20.9 Å². The van der Waals surface area contributed by atoms with Gasteiger partial charge in [-0.2, -0.15) is 0 Å². The van der Waals surface area contributed by atoms with Crippen molar-refractivity contribution in [3.8, 4) is 0 Å². The van der Waals surface area contributed by atoms with Gasteiger partial charge >= 0.3 is 11.9 Å². The molecule has 0 radical (unpaired) electrons. The van der Waals surface area contributed by atoms with Gasteiger partial charge in [-0.1, -0.05) is 0 Å². The molecule has 1 aromatic rings. The predicted octanol–water partition coefficient (Wildman–Crippen LogP) is 0.00990. The van der Waals surface area contributed by atoms with E-state index in [1.54, 1.807) is 0 Å². The molecule has 15 heavy (non-hydrogen) atoms. The van der Waals surface area contributed by atoms with E-state index < -0.39 is 17.7 Å². The van der Waals surface area contributed by atoms with Gasteiger partial charge in [-0.05, 0) is 12.1 Å². The van der Waals surface area contributed by atoms with E-state index in [0.717, 1.165) is 13.3 Å². The van der Waals surface area contributed by atoms with Crippen LogP contribution in [0, 0.1) is 5.82 Å². The lowest BCUT2D eigenvalue weighted by Crippen LogP contribution is -2.31. The molecule has 0 unspecified atom stereocenters. The third-order valence-corrected chi connectivity index (χ3v) is 1.59. The fourth-order valence-corrected chi connectivity index (χ4v) is 0.847. The monoisotopic (exact) mass is 212 g/mol. The van der Waals surface area contributed by atoms with Gasteiger partial charge in [0.15, 0.2) is 0 Å². The zero-order valence-electron chi connectivity index (χ0n) is 7.99. The molecular weight excluding hydrogens is 203 g/mol. The molecule has 0 aliphatic rings. The van der Waals surface area contributed by atoms with Gasteiger partial charge in [0.25, 0.3) is 0 Å². The van der Waals surface area contributed by atoms with E-state index in [2.05, 4.69) is 15.0 Å². The molecule has 1 N–H and O–H groups in total. The lowest BCUT2D eigenvalue weighted by atomic mass is 10.3. The summed E-state index contributed by atoms with van der Waals surface area (Å²) in [4.78, 5) is 25.3. The maximum absolute atomic E-state index is 12.4. The number of ether oxygens (including phenoxy) is 1. The molecule has 0 fully saturated rings. The van der Waals surface area contributed by atoms with Crippen molar-refractivity contribution in [1.82, 2.24) is 10.3 Å². The van der Waals surface area contributed by atoms with E-state index in [-0.39, 0.29) is 6.54 Å². The first-order chi connectivity index (χ1) is 7.13. The number of nitrogens with one attached hydrogen (secondary N) is 1. The Kier molecular flexibility index (Phi) is 3.73. The smallest absolute Gasteiger partial charge is 0.396 e. The summed E-state index contributed by atoms with van der Waals surface area (Å²) in [6.07, 6.45) is 1.03.